The molecule has 37 heavy (non-hydrogen) atoms. The summed E-state index contributed by atoms with van der Waals surface area (Å²) in [6, 6.07) is 18.1. The molecule has 3 aromatic rings. The average Bonchev–Trinajstić information content (AvgIpc) is 3.24. The molecule has 190 valence electrons. The summed E-state index contributed by atoms with van der Waals surface area (Å²) in [5.41, 5.74) is 3.21. The number of hydrogen-bond acceptors (Lipinski definition) is 7. The summed E-state index contributed by atoms with van der Waals surface area (Å²) >= 11 is 0. The number of amides is 4. The first-order valence-electron chi connectivity index (χ1n) is 11.3. The Morgan fingerprint density at radius 2 is 1.41 bits per heavy atom. The Morgan fingerprint density at radius 1 is 0.838 bits per heavy atom. The highest BCUT2D eigenvalue weighted by atomic mass is 16.5. The molecular formula is C27H25N3O7. The molecule has 0 spiro atoms. The van der Waals surface area contributed by atoms with Crippen LogP contribution in [0.25, 0.3) is 0 Å². The van der Waals surface area contributed by atoms with E-state index in [1.807, 2.05) is 0 Å². The highest BCUT2D eigenvalue weighted by molar-refractivity contribution is 6.23. The van der Waals surface area contributed by atoms with E-state index in [0.29, 0.717) is 5.69 Å². The summed E-state index contributed by atoms with van der Waals surface area (Å²) in [7, 11) is 4.23. The van der Waals surface area contributed by atoms with E-state index in [2.05, 4.69) is 5.43 Å². The normalized spacial score (nSPS) is 14.8. The maximum absolute atomic E-state index is 13.8. The van der Waals surface area contributed by atoms with Gasteiger partial charge in [-0.3, -0.25) is 24.6 Å². The van der Waals surface area contributed by atoms with Gasteiger partial charge in [0.15, 0.2) is 11.5 Å². The number of nitrogens with zero attached hydrogens (tertiary/aromatic N) is 2. The highest BCUT2D eigenvalue weighted by Gasteiger charge is 2.45. The number of imide groups is 1. The summed E-state index contributed by atoms with van der Waals surface area (Å²) in [4.78, 5) is 54.2. The number of ether oxygens (including phenoxy) is 3. The Hall–Kier alpha value is -4.86. The lowest BCUT2D eigenvalue weighted by Gasteiger charge is -2.28. The van der Waals surface area contributed by atoms with E-state index in [1.54, 1.807) is 60.7 Å². The van der Waals surface area contributed by atoms with Gasteiger partial charge in [0.1, 0.15) is 6.04 Å². The molecule has 0 radical (unpaired) electrons. The number of methoxy groups -OCH3 is 3. The van der Waals surface area contributed by atoms with Crippen molar-refractivity contribution >= 4 is 29.3 Å². The van der Waals surface area contributed by atoms with E-state index in [-0.39, 0.29) is 34.8 Å². The van der Waals surface area contributed by atoms with Crippen molar-refractivity contribution < 1.29 is 33.4 Å². The number of para-hydroxylation sites is 1. The van der Waals surface area contributed by atoms with Gasteiger partial charge in [0.25, 0.3) is 17.7 Å². The fraction of sp³-hybridized carbons (Fsp3) is 0.185. The summed E-state index contributed by atoms with van der Waals surface area (Å²) in [6.07, 6.45) is -0.320. The van der Waals surface area contributed by atoms with Crippen LogP contribution < -0.4 is 24.5 Å². The molecule has 1 fully saturated rings. The lowest BCUT2D eigenvalue weighted by molar-refractivity contribution is -0.122. The largest absolute Gasteiger partial charge is 0.493 e. The first kappa shape index (κ1) is 25.2. The Bertz CT molecular complexity index is 1300. The van der Waals surface area contributed by atoms with Crippen LogP contribution in [0.1, 0.15) is 27.1 Å². The number of nitrogens with one attached hydrogen (secondary N) is 1. The lowest BCUT2D eigenvalue weighted by Crippen LogP contribution is -2.54. The van der Waals surface area contributed by atoms with Gasteiger partial charge < -0.3 is 14.2 Å². The minimum absolute atomic E-state index is 0.0428. The van der Waals surface area contributed by atoms with Gasteiger partial charge in [-0.25, -0.2) is 9.91 Å². The van der Waals surface area contributed by atoms with Crippen LogP contribution in [0.4, 0.5) is 5.69 Å². The van der Waals surface area contributed by atoms with Gasteiger partial charge >= 0.3 is 0 Å². The monoisotopic (exact) mass is 503 g/mol. The molecule has 0 saturated carbocycles. The van der Waals surface area contributed by atoms with E-state index in [0.717, 1.165) is 9.91 Å². The van der Waals surface area contributed by atoms with Gasteiger partial charge in [0, 0.05) is 11.1 Å². The van der Waals surface area contributed by atoms with Gasteiger partial charge in [-0.15, -0.1) is 0 Å². The third-order valence-electron chi connectivity index (χ3n) is 5.84. The number of rotatable bonds is 7. The van der Waals surface area contributed by atoms with E-state index in [1.165, 1.54) is 33.5 Å². The lowest BCUT2D eigenvalue weighted by atomic mass is 10.1. The van der Waals surface area contributed by atoms with Crippen LogP contribution in [0.2, 0.25) is 0 Å². The van der Waals surface area contributed by atoms with Crippen molar-refractivity contribution in [3.63, 3.8) is 0 Å². The van der Waals surface area contributed by atoms with Crippen molar-refractivity contribution in [3.05, 3.63) is 83.9 Å². The number of hydrazine groups is 1. The number of benzene rings is 3. The summed E-state index contributed by atoms with van der Waals surface area (Å²) in [6.45, 7) is 0. The van der Waals surface area contributed by atoms with E-state index in [4.69, 9.17) is 14.2 Å². The van der Waals surface area contributed by atoms with Crippen LogP contribution in [-0.4, -0.2) is 56.0 Å². The smallest absolute Gasteiger partial charge is 0.273 e. The van der Waals surface area contributed by atoms with E-state index in [9.17, 15) is 19.2 Å². The zero-order valence-electron chi connectivity index (χ0n) is 20.5. The van der Waals surface area contributed by atoms with Crippen molar-refractivity contribution in [1.82, 2.24) is 10.4 Å². The number of hydrogen-bond donors (Lipinski definition) is 1. The summed E-state index contributed by atoms with van der Waals surface area (Å²) < 4.78 is 16.0. The minimum atomic E-state index is -1.29. The van der Waals surface area contributed by atoms with E-state index >= 15 is 0 Å². The molecule has 0 aliphatic carbocycles. The van der Waals surface area contributed by atoms with Gasteiger partial charge in [-0.2, -0.15) is 0 Å². The molecule has 1 saturated heterocycles. The predicted octanol–water partition coefficient (Wildman–Crippen LogP) is 2.83. The number of anilines is 1. The van der Waals surface area contributed by atoms with E-state index < -0.39 is 29.7 Å². The third-order valence-corrected chi connectivity index (χ3v) is 5.84. The van der Waals surface area contributed by atoms with Crippen LogP contribution >= 0.6 is 0 Å². The number of carbonyl (C=O) groups excluding carboxylic acids is 4. The topological polar surface area (TPSA) is 114 Å². The molecule has 0 aromatic heterocycles. The molecule has 1 N–H and O–H groups in total. The van der Waals surface area contributed by atoms with Gasteiger partial charge in [0.2, 0.25) is 11.7 Å². The average molecular weight is 504 g/mol. The second kappa shape index (κ2) is 10.8. The quantitative estimate of drug-likeness (QED) is 0.390. The third kappa shape index (κ3) is 4.94. The number of carbonyl (C=O) groups is 4. The predicted molar refractivity (Wildman–Crippen MR) is 134 cm³/mol. The molecule has 10 heteroatoms. The molecule has 3 aromatic carbocycles. The molecule has 10 nitrogen and oxygen atoms in total. The standard InChI is InChI=1S/C27H25N3O7/c1-35-21-14-18(15-22(36-2)24(21)37-3)26(33)30(28-25(32)17-10-6-4-7-11-17)20-16-23(31)29(27(20)34)19-12-8-5-9-13-19/h4-15,20H,16H2,1-3H3,(H,28,32). The molecule has 0 bridgehead atoms. The van der Waals surface area contributed by atoms with Gasteiger partial charge in [-0.05, 0) is 36.4 Å². The fourth-order valence-electron chi connectivity index (χ4n) is 4.04. The summed E-state index contributed by atoms with van der Waals surface area (Å²) in [5, 5.41) is 0.888. The first-order valence-corrected chi connectivity index (χ1v) is 11.3. The van der Waals surface area contributed by atoms with Crippen molar-refractivity contribution in [1.29, 1.82) is 0 Å². The molecule has 1 atom stereocenters. The molecule has 4 amide bonds. The van der Waals surface area contributed by atoms with Crippen LogP contribution in [-0.2, 0) is 9.59 Å². The van der Waals surface area contributed by atoms with Crippen LogP contribution in [0, 0.1) is 0 Å². The molecular weight excluding hydrogens is 478 g/mol. The Morgan fingerprint density at radius 3 is 1.95 bits per heavy atom. The minimum Gasteiger partial charge on any atom is -0.493 e. The van der Waals surface area contributed by atoms with Crippen molar-refractivity contribution in [2.75, 3.05) is 26.2 Å². The van der Waals surface area contributed by atoms with Crippen LogP contribution in [0.15, 0.2) is 72.8 Å². The second-order valence-corrected chi connectivity index (χ2v) is 8.02. The Balaban J connectivity index is 1.75. The maximum atomic E-state index is 13.8. The van der Waals surface area contributed by atoms with Crippen LogP contribution in [0.5, 0.6) is 17.2 Å². The Kier molecular flexibility index (Phi) is 7.38. The van der Waals surface area contributed by atoms with Crippen molar-refractivity contribution in [2.45, 2.75) is 12.5 Å². The zero-order chi connectivity index (χ0) is 26.5. The molecule has 1 unspecified atom stereocenters. The Labute approximate surface area is 213 Å². The SMILES string of the molecule is COc1cc(C(=O)N(NC(=O)c2ccccc2)C2CC(=O)N(c3ccccc3)C2=O)cc(OC)c1OC. The van der Waals surface area contributed by atoms with Gasteiger partial charge in [0.05, 0.1) is 33.4 Å². The molecule has 4 rings (SSSR count). The van der Waals surface area contributed by atoms with Gasteiger partial charge in [-0.1, -0.05) is 36.4 Å². The highest BCUT2D eigenvalue weighted by Crippen LogP contribution is 2.38. The molecule has 1 heterocycles. The van der Waals surface area contributed by atoms with Crippen molar-refractivity contribution in [2.24, 2.45) is 0 Å². The molecule has 1 aliphatic rings. The van der Waals surface area contributed by atoms with Crippen molar-refractivity contribution in [3.8, 4) is 17.2 Å². The first-order chi connectivity index (χ1) is 17.9. The fourth-order valence-corrected chi connectivity index (χ4v) is 4.04. The maximum Gasteiger partial charge on any atom is 0.273 e. The zero-order valence-corrected chi connectivity index (χ0v) is 20.5. The van der Waals surface area contributed by atoms with Crippen LogP contribution in [0.3, 0.4) is 0 Å². The second-order valence-electron chi connectivity index (χ2n) is 8.02. The molecule has 1 aliphatic heterocycles. The summed E-state index contributed by atoms with van der Waals surface area (Å²) in [5.74, 6) is -1.84.